The first-order valence-corrected chi connectivity index (χ1v) is 10.6. The van der Waals surface area contributed by atoms with Gasteiger partial charge in [0.2, 0.25) is 0 Å². The third-order valence-electron chi connectivity index (χ3n) is 4.69. The number of hydrogen-bond acceptors (Lipinski definition) is 5. The molecule has 1 aromatic rings. The van der Waals surface area contributed by atoms with Crippen LogP contribution in [0.5, 0.6) is 5.75 Å². The molecule has 0 heterocycles. The fourth-order valence-corrected chi connectivity index (χ4v) is 3.60. The molecule has 0 fully saturated rings. The van der Waals surface area contributed by atoms with Crippen LogP contribution in [0.15, 0.2) is 24.3 Å². The van der Waals surface area contributed by atoms with Gasteiger partial charge >= 0.3 is 0 Å². The van der Waals surface area contributed by atoms with Crippen molar-refractivity contribution in [2.75, 3.05) is 52.9 Å². The maximum atomic E-state index is 8.58. The van der Waals surface area contributed by atoms with Crippen LogP contribution in [-0.2, 0) is 19.6 Å². The number of rotatable bonds is 17. The van der Waals surface area contributed by atoms with Crippen molar-refractivity contribution in [2.24, 2.45) is 5.92 Å². The summed E-state index contributed by atoms with van der Waals surface area (Å²) in [6.07, 6.45) is 3.59. The average molecular weight is 397 g/mol. The lowest BCUT2D eigenvalue weighted by molar-refractivity contribution is 0.00361. The Morgan fingerprint density at radius 3 is 1.89 bits per heavy atom. The highest BCUT2D eigenvalue weighted by Crippen LogP contribution is 2.36. The maximum absolute atomic E-state index is 8.58. The van der Waals surface area contributed by atoms with Crippen molar-refractivity contribution >= 4 is 0 Å². The lowest BCUT2D eigenvalue weighted by atomic mass is 9.73. The first-order valence-electron chi connectivity index (χ1n) is 10.6. The number of aliphatic hydroxyl groups excluding tert-OH is 1. The van der Waals surface area contributed by atoms with Crippen molar-refractivity contribution in [1.29, 1.82) is 0 Å². The van der Waals surface area contributed by atoms with Gasteiger partial charge < -0.3 is 24.1 Å². The number of ether oxygens (including phenoxy) is 4. The molecule has 1 aromatic carbocycles. The lowest BCUT2D eigenvalue weighted by Crippen LogP contribution is -2.24. The van der Waals surface area contributed by atoms with Crippen LogP contribution in [0.1, 0.15) is 52.5 Å². The van der Waals surface area contributed by atoms with E-state index in [1.54, 1.807) is 0 Å². The van der Waals surface area contributed by atoms with Gasteiger partial charge in [-0.1, -0.05) is 46.2 Å². The molecule has 0 aliphatic carbocycles. The van der Waals surface area contributed by atoms with Crippen LogP contribution >= 0.6 is 0 Å². The highest BCUT2D eigenvalue weighted by atomic mass is 16.6. The molecule has 28 heavy (non-hydrogen) atoms. The summed E-state index contributed by atoms with van der Waals surface area (Å²) in [6.45, 7) is 12.8. The van der Waals surface area contributed by atoms with Gasteiger partial charge in [-0.15, -0.1) is 0 Å². The number of aliphatic hydroxyl groups is 1. The normalized spacial score (nSPS) is 13.6. The molecule has 1 unspecified atom stereocenters. The maximum Gasteiger partial charge on any atom is 0.119 e. The molecule has 0 aliphatic rings. The van der Waals surface area contributed by atoms with Crippen LogP contribution in [0.4, 0.5) is 0 Å². The zero-order valence-electron chi connectivity index (χ0n) is 18.2. The summed E-state index contributed by atoms with van der Waals surface area (Å²) in [5.41, 5.74) is 1.63. The molecule has 162 valence electrons. The zero-order valence-corrected chi connectivity index (χ0v) is 18.2. The summed E-state index contributed by atoms with van der Waals surface area (Å²) in [7, 11) is 0. The minimum Gasteiger partial charge on any atom is -0.491 e. The molecule has 1 atom stereocenters. The van der Waals surface area contributed by atoms with E-state index in [2.05, 4.69) is 52.0 Å². The molecular weight excluding hydrogens is 356 g/mol. The van der Waals surface area contributed by atoms with E-state index >= 15 is 0 Å². The first-order chi connectivity index (χ1) is 13.5. The Balaban J connectivity index is 2.22. The summed E-state index contributed by atoms with van der Waals surface area (Å²) in [5.74, 6) is 1.56. The fraction of sp³-hybridized carbons (Fsp3) is 0.739. The Morgan fingerprint density at radius 2 is 1.39 bits per heavy atom. The molecule has 0 radical (unpaired) electrons. The van der Waals surface area contributed by atoms with Crippen molar-refractivity contribution in [2.45, 2.75) is 52.4 Å². The Bertz CT molecular complexity index is 488. The monoisotopic (exact) mass is 396 g/mol. The Kier molecular flexibility index (Phi) is 13.2. The standard InChI is InChI=1S/C23H40O5/c1-5-10-23(4,19-20(2)3)21-6-8-22(9-7-21)28-18-17-27-16-15-26-14-13-25-12-11-24/h6-9,20,24H,5,10-19H2,1-4H3. The van der Waals surface area contributed by atoms with Gasteiger partial charge in [0.05, 0.1) is 46.2 Å². The topological polar surface area (TPSA) is 57.2 Å². The smallest absolute Gasteiger partial charge is 0.119 e. The lowest BCUT2D eigenvalue weighted by Gasteiger charge is -2.32. The summed E-state index contributed by atoms with van der Waals surface area (Å²) in [4.78, 5) is 0. The highest BCUT2D eigenvalue weighted by Gasteiger charge is 2.26. The van der Waals surface area contributed by atoms with E-state index < -0.39 is 0 Å². The van der Waals surface area contributed by atoms with E-state index in [1.165, 1.54) is 24.8 Å². The van der Waals surface area contributed by atoms with Crippen LogP contribution in [0.3, 0.4) is 0 Å². The van der Waals surface area contributed by atoms with Crippen LogP contribution in [0, 0.1) is 5.92 Å². The van der Waals surface area contributed by atoms with Gasteiger partial charge in [-0.05, 0) is 41.9 Å². The van der Waals surface area contributed by atoms with Gasteiger partial charge in [0.1, 0.15) is 12.4 Å². The van der Waals surface area contributed by atoms with Crippen LogP contribution < -0.4 is 4.74 Å². The Morgan fingerprint density at radius 1 is 0.857 bits per heavy atom. The molecule has 0 aliphatic heterocycles. The van der Waals surface area contributed by atoms with E-state index in [0.717, 1.165) is 5.75 Å². The minimum atomic E-state index is 0.0435. The molecular formula is C23H40O5. The SMILES string of the molecule is CCCC(C)(CC(C)C)c1ccc(OCCOCCOCCOCCO)cc1. The van der Waals surface area contributed by atoms with Gasteiger partial charge in [-0.2, -0.15) is 0 Å². The number of hydrogen-bond donors (Lipinski definition) is 1. The molecule has 0 saturated heterocycles. The van der Waals surface area contributed by atoms with Crippen LogP contribution in [0.25, 0.3) is 0 Å². The van der Waals surface area contributed by atoms with Gasteiger partial charge in [0.15, 0.2) is 0 Å². The third kappa shape index (κ3) is 10.4. The van der Waals surface area contributed by atoms with Crippen molar-refractivity contribution < 1.29 is 24.1 Å². The predicted octanol–water partition coefficient (Wildman–Crippen LogP) is 4.21. The largest absolute Gasteiger partial charge is 0.491 e. The van der Waals surface area contributed by atoms with E-state index in [0.29, 0.717) is 52.2 Å². The molecule has 0 spiro atoms. The van der Waals surface area contributed by atoms with E-state index in [9.17, 15) is 0 Å². The Labute approximate surface area is 171 Å². The second-order valence-corrected chi connectivity index (χ2v) is 7.84. The molecule has 0 aromatic heterocycles. The van der Waals surface area contributed by atoms with Crippen molar-refractivity contribution in [1.82, 2.24) is 0 Å². The van der Waals surface area contributed by atoms with Crippen LogP contribution in [0.2, 0.25) is 0 Å². The van der Waals surface area contributed by atoms with Crippen molar-refractivity contribution in [3.63, 3.8) is 0 Å². The molecule has 1 N–H and O–H groups in total. The summed E-state index contributed by atoms with van der Waals surface area (Å²) < 4.78 is 21.8. The van der Waals surface area contributed by atoms with E-state index in [4.69, 9.17) is 24.1 Å². The zero-order chi connectivity index (χ0) is 20.7. The van der Waals surface area contributed by atoms with Gasteiger partial charge in [-0.25, -0.2) is 0 Å². The second-order valence-electron chi connectivity index (χ2n) is 7.84. The van der Waals surface area contributed by atoms with Crippen molar-refractivity contribution in [3.8, 4) is 5.75 Å². The average Bonchev–Trinajstić information content (AvgIpc) is 2.66. The number of benzene rings is 1. The molecule has 0 saturated carbocycles. The van der Waals surface area contributed by atoms with Gasteiger partial charge in [0, 0.05) is 0 Å². The Hall–Kier alpha value is -1.14. The molecule has 0 bridgehead atoms. The van der Waals surface area contributed by atoms with E-state index in [1.807, 2.05) is 0 Å². The summed E-state index contributed by atoms with van der Waals surface area (Å²) >= 11 is 0. The van der Waals surface area contributed by atoms with Gasteiger partial charge in [-0.3, -0.25) is 0 Å². The molecule has 5 nitrogen and oxygen atoms in total. The third-order valence-corrected chi connectivity index (χ3v) is 4.69. The molecule has 5 heteroatoms. The fourth-order valence-electron chi connectivity index (χ4n) is 3.60. The quantitative estimate of drug-likeness (QED) is 0.400. The minimum absolute atomic E-state index is 0.0435. The highest BCUT2D eigenvalue weighted by molar-refractivity contribution is 5.32. The summed E-state index contributed by atoms with van der Waals surface area (Å²) in [6, 6.07) is 8.56. The molecule has 1 rings (SSSR count). The summed E-state index contributed by atoms with van der Waals surface area (Å²) in [5, 5.41) is 8.58. The first kappa shape index (κ1) is 24.9. The van der Waals surface area contributed by atoms with Crippen molar-refractivity contribution in [3.05, 3.63) is 29.8 Å². The predicted molar refractivity (Wildman–Crippen MR) is 113 cm³/mol. The molecule has 0 amide bonds. The van der Waals surface area contributed by atoms with Crippen LogP contribution in [-0.4, -0.2) is 58.0 Å². The van der Waals surface area contributed by atoms with E-state index in [-0.39, 0.29) is 12.0 Å². The van der Waals surface area contributed by atoms with Gasteiger partial charge in [0.25, 0.3) is 0 Å². The second kappa shape index (κ2) is 14.8.